The smallest absolute Gasteiger partial charge is 0.185 e. The molecule has 270 valence electrons. The van der Waals surface area contributed by atoms with Crippen LogP contribution < -0.4 is 5.73 Å². The number of aliphatic hydroxyl groups is 3. The van der Waals surface area contributed by atoms with Gasteiger partial charge in [0.25, 0.3) is 0 Å². The number of aliphatic hydroxyl groups excluding tert-OH is 3. The number of hydrogen-bond acceptors (Lipinski definition) is 12. The van der Waals surface area contributed by atoms with Crippen LogP contribution in [0.4, 0.5) is 0 Å². The molecular weight excluding hydrogens is 596 g/mol. The van der Waals surface area contributed by atoms with Gasteiger partial charge >= 0.3 is 0 Å². The van der Waals surface area contributed by atoms with Gasteiger partial charge < -0.3 is 59.1 Å². The Balaban J connectivity index is 1.77. The predicted octanol–water partition coefficient (Wildman–Crippen LogP) is 2.24. The van der Waals surface area contributed by atoms with Gasteiger partial charge in [-0.15, -0.1) is 0 Å². The van der Waals surface area contributed by atoms with Crippen LogP contribution in [0.15, 0.2) is 0 Å². The van der Waals surface area contributed by atoms with Crippen LogP contribution in [0, 0.1) is 23.7 Å². The topological polar surface area (TPSA) is 155 Å². The molecule has 4 saturated heterocycles. The number of nitrogens with two attached hydrogens (primary N) is 1. The summed E-state index contributed by atoms with van der Waals surface area (Å²) in [4.78, 5) is 2.01. The molecule has 4 aliphatic heterocycles. The molecule has 4 rings (SSSR count). The van der Waals surface area contributed by atoms with E-state index in [0.717, 1.165) is 0 Å². The number of fused-ring (bicyclic) bond motifs is 2. The zero-order valence-electron chi connectivity index (χ0n) is 30.2. The Bertz CT molecular complexity index is 992. The maximum Gasteiger partial charge on any atom is 0.185 e. The third-order valence-electron chi connectivity index (χ3n) is 11.5. The number of nitrogens with zero attached hydrogens (tertiary/aromatic N) is 1. The number of ether oxygens (including phenoxy) is 7. The van der Waals surface area contributed by atoms with E-state index >= 15 is 0 Å². The Labute approximate surface area is 276 Å². The molecule has 46 heavy (non-hydrogen) atoms. The first kappa shape index (κ1) is 38.3. The molecule has 7 unspecified atom stereocenters. The van der Waals surface area contributed by atoms with Crippen LogP contribution in [0.1, 0.15) is 81.6 Å². The highest BCUT2D eigenvalue weighted by atomic mass is 16.7. The highest BCUT2D eigenvalue weighted by Crippen LogP contribution is 2.48. The van der Waals surface area contributed by atoms with Crippen molar-refractivity contribution >= 4 is 0 Å². The lowest BCUT2D eigenvalue weighted by atomic mass is 9.77. The van der Waals surface area contributed by atoms with E-state index in [1.54, 1.807) is 14.0 Å². The van der Waals surface area contributed by atoms with E-state index in [-0.39, 0.29) is 42.5 Å². The molecule has 2 bridgehead atoms. The van der Waals surface area contributed by atoms with Crippen LogP contribution in [0.5, 0.6) is 0 Å². The van der Waals surface area contributed by atoms with Crippen LogP contribution in [0.25, 0.3) is 0 Å². The summed E-state index contributed by atoms with van der Waals surface area (Å²) in [7, 11) is 5.47. The molecular formula is C34H64N2O10. The second kappa shape index (κ2) is 14.8. The van der Waals surface area contributed by atoms with Crippen molar-refractivity contribution in [3.05, 3.63) is 0 Å². The molecule has 4 fully saturated rings. The van der Waals surface area contributed by atoms with Crippen molar-refractivity contribution < 1.29 is 48.5 Å². The lowest BCUT2D eigenvalue weighted by Crippen LogP contribution is -2.60. The van der Waals surface area contributed by atoms with Gasteiger partial charge in [-0.25, -0.2) is 0 Å². The van der Waals surface area contributed by atoms with E-state index in [0.29, 0.717) is 12.8 Å². The molecule has 4 heterocycles. The molecule has 0 aliphatic carbocycles. The number of rotatable bonds is 7. The van der Waals surface area contributed by atoms with Crippen LogP contribution in [0.3, 0.4) is 0 Å². The minimum absolute atomic E-state index is 0.131. The molecule has 0 aromatic carbocycles. The fraction of sp³-hybridized carbons (Fsp3) is 1.00. The standard InChI is InChI=1S/C34H64N2O10/c1-16-14-34(9)30(45-32-25(37)23(36(10)11)13-17(2)41-32)19(4)27(43-24-15-33(8,40-12)29(38)22(7)42-24)20(5)31(39)44-28(21(6)35)18(3)26(16)46-34/h16-32,37-39H,13-15,35H2,1-12H3/t16-,17?,18-,19-,20+,21?,22?,23?,24-,25?,26?,27-,28+,29-,30+,31-,32-,33?,34+/m0/s1. The Morgan fingerprint density at radius 3 is 2.13 bits per heavy atom. The largest absolute Gasteiger partial charge is 0.387 e. The van der Waals surface area contributed by atoms with E-state index in [2.05, 4.69) is 20.8 Å². The van der Waals surface area contributed by atoms with Crippen molar-refractivity contribution in [2.45, 2.75) is 173 Å². The zero-order chi connectivity index (χ0) is 34.5. The molecule has 0 aromatic rings. The summed E-state index contributed by atoms with van der Waals surface area (Å²) in [5, 5.41) is 34.0. The summed E-state index contributed by atoms with van der Waals surface area (Å²) >= 11 is 0. The maximum absolute atomic E-state index is 11.7. The fourth-order valence-electron chi connectivity index (χ4n) is 8.69. The van der Waals surface area contributed by atoms with Crippen molar-refractivity contribution in [1.82, 2.24) is 4.90 Å². The quantitative estimate of drug-likeness (QED) is 0.317. The van der Waals surface area contributed by atoms with Crippen LogP contribution in [-0.4, -0.2) is 132 Å². The van der Waals surface area contributed by atoms with Gasteiger partial charge in [-0.3, -0.25) is 0 Å². The van der Waals surface area contributed by atoms with Crippen molar-refractivity contribution in [2.24, 2.45) is 29.4 Å². The molecule has 4 aliphatic rings. The van der Waals surface area contributed by atoms with Gasteiger partial charge in [0.05, 0.1) is 47.8 Å². The predicted molar refractivity (Wildman–Crippen MR) is 172 cm³/mol. The van der Waals surface area contributed by atoms with Crippen molar-refractivity contribution in [1.29, 1.82) is 0 Å². The second-order valence-corrected chi connectivity index (χ2v) is 15.7. The molecule has 0 amide bonds. The molecule has 19 atom stereocenters. The summed E-state index contributed by atoms with van der Waals surface area (Å²) in [5.74, 6) is -0.962. The number of methoxy groups -OCH3 is 1. The molecule has 0 spiro atoms. The summed E-state index contributed by atoms with van der Waals surface area (Å²) in [6.45, 7) is 17.7. The van der Waals surface area contributed by atoms with Crippen molar-refractivity contribution in [3.8, 4) is 0 Å². The first-order valence-corrected chi connectivity index (χ1v) is 17.3. The molecule has 12 heteroatoms. The summed E-state index contributed by atoms with van der Waals surface area (Å²) in [6, 6.07) is -0.523. The minimum atomic E-state index is -1.22. The summed E-state index contributed by atoms with van der Waals surface area (Å²) in [6.07, 6.45) is -5.67. The number of hydrogen-bond donors (Lipinski definition) is 4. The van der Waals surface area contributed by atoms with Crippen molar-refractivity contribution in [2.75, 3.05) is 21.2 Å². The van der Waals surface area contributed by atoms with Crippen LogP contribution in [-0.2, 0) is 33.2 Å². The second-order valence-electron chi connectivity index (χ2n) is 15.7. The van der Waals surface area contributed by atoms with Crippen LogP contribution in [0.2, 0.25) is 0 Å². The van der Waals surface area contributed by atoms with E-state index in [1.165, 1.54) is 0 Å². The molecule has 5 N–H and O–H groups in total. The normalized spacial score (nSPS) is 53.2. The van der Waals surface area contributed by atoms with Gasteiger partial charge in [0.1, 0.15) is 12.2 Å². The van der Waals surface area contributed by atoms with Gasteiger partial charge in [-0.2, -0.15) is 0 Å². The Kier molecular flexibility index (Phi) is 12.3. The monoisotopic (exact) mass is 660 g/mol. The first-order chi connectivity index (χ1) is 21.3. The summed E-state index contributed by atoms with van der Waals surface area (Å²) < 4.78 is 45.3. The van der Waals surface area contributed by atoms with Gasteiger partial charge in [0.2, 0.25) is 0 Å². The van der Waals surface area contributed by atoms with E-state index in [9.17, 15) is 15.3 Å². The summed E-state index contributed by atoms with van der Waals surface area (Å²) in [5.41, 5.74) is 4.77. The minimum Gasteiger partial charge on any atom is -0.387 e. The lowest BCUT2D eigenvalue weighted by molar-refractivity contribution is -0.323. The molecule has 12 nitrogen and oxygen atoms in total. The lowest BCUT2D eigenvalue weighted by Gasteiger charge is -2.49. The SMILES string of the molecule is COC1(C)C[C@H](O[C@@H]2[C@@H](C)[C@@H](O)O[C@@H](C(C)N)[C@@H](C)C3O[C@](C)(C[C@@H]3C)[C@H](O[C@@H]3OC(C)CC(N(C)C)C3O)[C@H]2C)OC(C)[C@@H]1O. The Morgan fingerprint density at radius 2 is 1.54 bits per heavy atom. The van der Waals surface area contributed by atoms with Crippen molar-refractivity contribution in [3.63, 3.8) is 0 Å². The molecule has 0 saturated carbocycles. The first-order valence-electron chi connectivity index (χ1n) is 17.3. The average Bonchev–Trinajstić information content (AvgIpc) is 3.29. The van der Waals surface area contributed by atoms with Gasteiger partial charge in [-0.1, -0.05) is 27.7 Å². The maximum atomic E-state index is 11.7. The van der Waals surface area contributed by atoms with Gasteiger partial charge in [-0.05, 0) is 67.5 Å². The van der Waals surface area contributed by atoms with Crippen LogP contribution >= 0.6 is 0 Å². The highest BCUT2D eigenvalue weighted by molar-refractivity contribution is 5.03. The third-order valence-corrected chi connectivity index (χ3v) is 11.5. The molecule has 0 aromatic heterocycles. The van der Waals surface area contributed by atoms with E-state index < -0.39 is 78.5 Å². The Hall–Kier alpha value is -0.480. The number of likely N-dealkylation sites (N-methyl/N-ethyl adjacent to an activating group) is 1. The third kappa shape index (κ3) is 7.63. The molecule has 0 radical (unpaired) electrons. The highest BCUT2D eigenvalue weighted by Gasteiger charge is 2.57. The van der Waals surface area contributed by atoms with Gasteiger partial charge in [0.15, 0.2) is 18.9 Å². The van der Waals surface area contributed by atoms with E-state index in [1.807, 2.05) is 53.6 Å². The van der Waals surface area contributed by atoms with Gasteiger partial charge in [0, 0.05) is 43.4 Å². The average molecular weight is 661 g/mol. The fourth-order valence-corrected chi connectivity index (χ4v) is 8.69. The zero-order valence-corrected chi connectivity index (χ0v) is 30.2. The van der Waals surface area contributed by atoms with E-state index in [4.69, 9.17) is 38.9 Å². The Morgan fingerprint density at radius 1 is 0.891 bits per heavy atom.